The molecule has 0 fully saturated rings. The van der Waals surface area contributed by atoms with Gasteiger partial charge in [0, 0.05) is 25.5 Å². The third kappa shape index (κ3) is 5.22. The van der Waals surface area contributed by atoms with Crippen molar-refractivity contribution in [3.05, 3.63) is 89.5 Å². The Bertz CT molecular complexity index is 1280. The van der Waals surface area contributed by atoms with Crippen molar-refractivity contribution in [1.29, 1.82) is 0 Å². The molecule has 8 heteroatoms. The van der Waals surface area contributed by atoms with Crippen LogP contribution in [-0.4, -0.2) is 56.1 Å². The highest BCUT2D eigenvalue weighted by Crippen LogP contribution is 2.37. The number of nitrogens with one attached hydrogen (secondary N) is 2. The Morgan fingerprint density at radius 1 is 1.00 bits per heavy atom. The third-order valence-electron chi connectivity index (χ3n) is 5.71. The van der Waals surface area contributed by atoms with E-state index in [0.29, 0.717) is 22.6 Å². The van der Waals surface area contributed by atoms with Crippen LogP contribution in [-0.2, 0) is 14.3 Å². The molecule has 0 saturated heterocycles. The van der Waals surface area contributed by atoms with Crippen molar-refractivity contribution in [2.75, 3.05) is 38.4 Å². The number of likely N-dealkylation sites (N-methyl/N-ethyl adjacent to an activating group) is 1. The minimum Gasteiger partial charge on any atom is -0.465 e. The minimum atomic E-state index is -0.644. The maximum absolute atomic E-state index is 13.1. The molecule has 0 saturated carbocycles. The number of anilines is 2. The first-order chi connectivity index (χ1) is 16.9. The molecule has 3 aromatic carbocycles. The van der Waals surface area contributed by atoms with E-state index in [0.717, 1.165) is 16.8 Å². The molecule has 35 heavy (non-hydrogen) atoms. The highest BCUT2D eigenvalue weighted by molar-refractivity contribution is 6.24. The minimum absolute atomic E-state index is 0.0280. The number of hydrogen-bond acceptors (Lipinski definition) is 6. The van der Waals surface area contributed by atoms with Crippen LogP contribution in [0.25, 0.3) is 0 Å². The van der Waals surface area contributed by atoms with Crippen molar-refractivity contribution in [2.45, 2.75) is 5.92 Å². The number of rotatable bonds is 7. The molecule has 1 unspecified atom stereocenters. The van der Waals surface area contributed by atoms with Gasteiger partial charge in [0.25, 0.3) is 0 Å². The van der Waals surface area contributed by atoms with Gasteiger partial charge in [0.15, 0.2) is 0 Å². The molecule has 0 spiro atoms. The predicted molar refractivity (Wildman–Crippen MR) is 135 cm³/mol. The van der Waals surface area contributed by atoms with Crippen LogP contribution >= 0.6 is 0 Å². The molecule has 2 amide bonds. The van der Waals surface area contributed by atoms with Gasteiger partial charge in [0.1, 0.15) is 5.92 Å². The van der Waals surface area contributed by atoms with E-state index in [1.807, 2.05) is 54.6 Å². The second-order valence-electron chi connectivity index (χ2n) is 8.27. The van der Waals surface area contributed by atoms with Crippen molar-refractivity contribution in [2.24, 2.45) is 4.99 Å². The van der Waals surface area contributed by atoms with Crippen molar-refractivity contribution < 1.29 is 19.1 Å². The number of benzene rings is 3. The van der Waals surface area contributed by atoms with Crippen LogP contribution in [0.4, 0.5) is 17.1 Å². The Morgan fingerprint density at radius 2 is 1.71 bits per heavy atom. The highest BCUT2D eigenvalue weighted by Gasteiger charge is 2.36. The molecular weight excluding hydrogens is 444 g/mol. The van der Waals surface area contributed by atoms with Gasteiger partial charge < -0.3 is 20.3 Å². The summed E-state index contributed by atoms with van der Waals surface area (Å²) >= 11 is 0. The summed E-state index contributed by atoms with van der Waals surface area (Å²) in [6, 6.07) is 21.9. The van der Waals surface area contributed by atoms with Crippen LogP contribution in [0.2, 0.25) is 0 Å². The van der Waals surface area contributed by atoms with Crippen molar-refractivity contribution in [1.82, 2.24) is 4.90 Å². The summed E-state index contributed by atoms with van der Waals surface area (Å²) in [7, 11) is 4.74. The van der Waals surface area contributed by atoms with Crippen LogP contribution in [0.15, 0.2) is 77.8 Å². The van der Waals surface area contributed by atoms with E-state index in [-0.39, 0.29) is 18.4 Å². The Balaban J connectivity index is 1.68. The molecule has 2 N–H and O–H groups in total. The SMILES string of the molecule is COC(=O)c1ccc2c(c1)NC(=O)C2C(=Nc1ccc(NCC(=O)N(C)C)cc1)c1ccccc1. The average Bonchev–Trinajstić information content (AvgIpc) is 3.21. The number of carbonyl (C=O) groups excluding carboxylic acids is 3. The van der Waals surface area contributed by atoms with Crippen LogP contribution in [0, 0.1) is 0 Å². The van der Waals surface area contributed by atoms with Crippen LogP contribution in [0.5, 0.6) is 0 Å². The number of ether oxygens (including phenoxy) is 1. The van der Waals surface area contributed by atoms with Gasteiger partial charge in [-0.25, -0.2) is 4.79 Å². The summed E-state index contributed by atoms with van der Waals surface area (Å²) in [6.45, 7) is 0.192. The van der Waals surface area contributed by atoms with Crippen LogP contribution in [0.1, 0.15) is 27.4 Å². The number of esters is 1. The van der Waals surface area contributed by atoms with Crippen molar-refractivity contribution in [3.63, 3.8) is 0 Å². The van der Waals surface area contributed by atoms with E-state index in [1.165, 1.54) is 12.0 Å². The Kier molecular flexibility index (Phi) is 6.91. The lowest BCUT2D eigenvalue weighted by Crippen LogP contribution is -2.28. The predicted octanol–water partition coefficient (Wildman–Crippen LogP) is 3.83. The number of hydrogen-bond donors (Lipinski definition) is 2. The van der Waals surface area contributed by atoms with E-state index >= 15 is 0 Å². The first kappa shape index (κ1) is 23.7. The fourth-order valence-corrected chi connectivity index (χ4v) is 3.81. The van der Waals surface area contributed by atoms with Crippen molar-refractivity contribution >= 4 is 40.6 Å². The molecular formula is C27H26N4O4. The zero-order chi connectivity index (χ0) is 24.9. The number of amides is 2. The molecule has 1 aliphatic rings. The highest BCUT2D eigenvalue weighted by atomic mass is 16.5. The molecule has 1 aliphatic heterocycles. The number of nitrogens with zero attached hydrogens (tertiary/aromatic N) is 2. The smallest absolute Gasteiger partial charge is 0.337 e. The third-order valence-corrected chi connectivity index (χ3v) is 5.71. The Labute approximate surface area is 203 Å². The summed E-state index contributed by atoms with van der Waals surface area (Å²) < 4.78 is 4.80. The molecule has 8 nitrogen and oxygen atoms in total. The molecule has 4 rings (SSSR count). The largest absolute Gasteiger partial charge is 0.465 e. The average molecular weight is 471 g/mol. The summed E-state index contributed by atoms with van der Waals surface area (Å²) in [5.41, 5.74) is 4.54. The summed E-state index contributed by atoms with van der Waals surface area (Å²) in [6.07, 6.45) is 0. The van der Waals surface area contributed by atoms with Gasteiger partial charge in [-0.3, -0.25) is 14.6 Å². The van der Waals surface area contributed by atoms with E-state index in [1.54, 1.807) is 32.3 Å². The lowest BCUT2D eigenvalue weighted by molar-refractivity contribution is -0.126. The monoisotopic (exact) mass is 470 g/mol. The van der Waals surface area contributed by atoms with Gasteiger partial charge in [0.05, 0.1) is 30.6 Å². The maximum Gasteiger partial charge on any atom is 0.337 e. The zero-order valence-corrected chi connectivity index (χ0v) is 19.7. The molecule has 0 bridgehead atoms. The van der Waals surface area contributed by atoms with Gasteiger partial charge in [-0.2, -0.15) is 0 Å². The molecule has 1 atom stereocenters. The topological polar surface area (TPSA) is 100 Å². The molecule has 1 heterocycles. The Hall–Kier alpha value is -4.46. The molecule has 0 aliphatic carbocycles. The quantitative estimate of drug-likeness (QED) is 0.404. The molecule has 0 radical (unpaired) electrons. The molecule has 178 valence electrons. The second kappa shape index (κ2) is 10.2. The van der Waals surface area contributed by atoms with Gasteiger partial charge in [-0.15, -0.1) is 0 Å². The van der Waals surface area contributed by atoms with Crippen molar-refractivity contribution in [3.8, 4) is 0 Å². The van der Waals surface area contributed by atoms with E-state index < -0.39 is 11.9 Å². The number of aliphatic imine (C=N–C) groups is 1. The lowest BCUT2D eigenvalue weighted by atomic mass is 9.90. The van der Waals surface area contributed by atoms with Gasteiger partial charge >= 0.3 is 5.97 Å². The van der Waals surface area contributed by atoms with Gasteiger partial charge in [-0.05, 0) is 47.5 Å². The van der Waals surface area contributed by atoms with E-state index in [9.17, 15) is 14.4 Å². The first-order valence-electron chi connectivity index (χ1n) is 11.1. The fraction of sp³-hybridized carbons (Fsp3) is 0.185. The van der Waals surface area contributed by atoms with Gasteiger partial charge in [0.2, 0.25) is 11.8 Å². The van der Waals surface area contributed by atoms with Crippen LogP contribution in [0.3, 0.4) is 0 Å². The maximum atomic E-state index is 13.1. The molecule has 0 aromatic heterocycles. The van der Waals surface area contributed by atoms with Crippen LogP contribution < -0.4 is 10.6 Å². The molecule has 3 aromatic rings. The van der Waals surface area contributed by atoms with E-state index in [4.69, 9.17) is 9.73 Å². The first-order valence-corrected chi connectivity index (χ1v) is 11.1. The second-order valence-corrected chi connectivity index (χ2v) is 8.27. The van der Waals surface area contributed by atoms with E-state index in [2.05, 4.69) is 10.6 Å². The Morgan fingerprint density at radius 3 is 2.37 bits per heavy atom. The number of fused-ring (bicyclic) bond motifs is 1. The summed E-state index contributed by atoms with van der Waals surface area (Å²) in [5, 5.41) is 5.97. The lowest BCUT2D eigenvalue weighted by Gasteiger charge is -2.14. The number of carbonyl (C=O) groups is 3. The zero-order valence-electron chi connectivity index (χ0n) is 19.7. The fourth-order valence-electron chi connectivity index (χ4n) is 3.81. The summed E-state index contributed by atoms with van der Waals surface area (Å²) in [5.74, 6) is -1.36. The normalized spacial score (nSPS) is 14.7. The summed E-state index contributed by atoms with van der Waals surface area (Å²) in [4.78, 5) is 43.2. The van der Waals surface area contributed by atoms with Gasteiger partial charge in [-0.1, -0.05) is 36.4 Å². The number of methoxy groups -OCH3 is 1. The standard InChI is InChI=1S/C27H26N4O4/c1-31(2)23(32)16-28-19-10-12-20(13-11-19)29-25(17-7-5-4-6-8-17)24-21-14-9-18(27(34)35-3)15-22(21)30-26(24)33/h4-15,24,28H,16H2,1-3H3,(H,30,33).